The molecule has 0 saturated carbocycles. The minimum Gasteiger partial charge on any atom is -0.495 e. The molecule has 9 nitrogen and oxygen atoms in total. The van der Waals surface area contributed by atoms with Crippen LogP contribution in [0, 0.1) is 0 Å². The monoisotopic (exact) mass is 457 g/mol. The highest BCUT2D eigenvalue weighted by atomic mass is 35.5. The van der Waals surface area contributed by atoms with Crippen LogP contribution < -0.4 is 14.2 Å². The molecule has 0 saturated heterocycles. The van der Waals surface area contributed by atoms with Crippen LogP contribution in [0.15, 0.2) is 78.2 Å². The van der Waals surface area contributed by atoms with Gasteiger partial charge in [0.1, 0.15) is 17.8 Å². The largest absolute Gasteiger partial charge is 0.495 e. The van der Waals surface area contributed by atoms with E-state index < -0.39 is 10.0 Å². The molecule has 0 aliphatic rings. The quantitative estimate of drug-likeness (QED) is 0.448. The third-order valence-electron chi connectivity index (χ3n) is 4.13. The van der Waals surface area contributed by atoms with E-state index in [2.05, 4.69) is 19.8 Å². The molecule has 2 heterocycles. The van der Waals surface area contributed by atoms with Crippen LogP contribution in [0.1, 0.15) is 0 Å². The van der Waals surface area contributed by atoms with E-state index in [1.54, 1.807) is 53.5 Å². The minimum atomic E-state index is -3.82. The molecule has 4 rings (SSSR count). The predicted molar refractivity (Wildman–Crippen MR) is 114 cm³/mol. The molecule has 0 atom stereocenters. The Morgan fingerprint density at radius 3 is 2.55 bits per heavy atom. The Hall–Kier alpha value is -3.63. The van der Waals surface area contributed by atoms with E-state index in [1.807, 2.05) is 0 Å². The number of hydrogen-bond acceptors (Lipinski definition) is 7. The highest BCUT2D eigenvalue weighted by molar-refractivity contribution is 7.92. The average molecular weight is 458 g/mol. The van der Waals surface area contributed by atoms with E-state index in [-0.39, 0.29) is 9.92 Å². The molecule has 0 aliphatic carbocycles. The Balaban J connectivity index is 1.47. The number of hydrogen-bond donors (Lipinski definition) is 1. The Labute approximate surface area is 183 Å². The van der Waals surface area contributed by atoms with Gasteiger partial charge in [-0.2, -0.15) is 5.10 Å². The molecule has 1 N–H and O–H groups in total. The Morgan fingerprint density at radius 2 is 1.87 bits per heavy atom. The molecule has 0 fully saturated rings. The molecule has 0 amide bonds. The summed E-state index contributed by atoms with van der Waals surface area (Å²) in [6.45, 7) is 0. The fourth-order valence-electron chi connectivity index (χ4n) is 2.66. The molecule has 2 aromatic carbocycles. The van der Waals surface area contributed by atoms with E-state index in [4.69, 9.17) is 21.1 Å². The second kappa shape index (κ2) is 8.62. The van der Waals surface area contributed by atoms with Crippen LogP contribution in [0.3, 0.4) is 0 Å². The zero-order valence-corrected chi connectivity index (χ0v) is 17.7. The third-order valence-corrected chi connectivity index (χ3v) is 5.80. The van der Waals surface area contributed by atoms with Crippen LogP contribution in [-0.2, 0) is 10.0 Å². The molecule has 0 radical (unpaired) electrons. The zero-order chi connectivity index (χ0) is 21.8. The lowest BCUT2D eigenvalue weighted by atomic mass is 10.3. The first kappa shape index (κ1) is 20.6. The number of ether oxygens (including phenoxy) is 2. The summed E-state index contributed by atoms with van der Waals surface area (Å²) in [6, 6.07) is 14.0. The molecule has 11 heteroatoms. The topological polar surface area (TPSA) is 108 Å². The van der Waals surface area contributed by atoms with Gasteiger partial charge >= 0.3 is 0 Å². The van der Waals surface area contributed by atoms with Gasteiger partial charge in [-0.05, 0) is 48.5 Å². The fraction of sp³-hybridized carbons (Fsp3) is 0.0500. The van der Waals surface area contributed by atoms with E-state index in [9.17, 15) is 8.42 Å². The van der Waals surface area contributed by atoms with Gasteiger partial charge in [-0.1, -0.05) is 11.6 Å². The Bertz CT molecular complexity index is 1300. The van der Waals surface area contributed by atoms with Gasteiger partial charge in [0.15, 0.2) is 5.82 Å². The van der Waals surface area contributed by atoms with Crippen molar-refractivity contribution in [2.24, 2.45) is 0 Å². The van der Waals surface area contributed by atoms with Gasteiger partial charge in [-0.15, -0.1) is 0 Å². The van der Waals surface area contributed by atoms with Gasteiger partial charge in [-0.25, -0.2) is 23.1 Å². The number of halogens is 1. The molecular formula is C20H16ClN5O4S. The highest BCUT2D eigenvalue weighted by Gasteiger charge is 2.16. The SMILES string of the molecule is COc1ccc(S(=O)(=O)Nc2ccc(Oc3cc(-n4cccn4)ncn3)cc2)cc1Cl. The Morgan fingerprint density at radius 1 is 1.06 bits per heavy atom. The first-order valence-corrected chi connectivity index (χ1v) is 10.8. The summed E-state index contributed by atoms with van der Waals surface area (Å²) < 4.78 is 40.1. The first-order chi connectivity index (χ1) is 14.9. The summed E-state index contributed by atoms with van der Waals surface area (Å²) >= 11 is 6.03. The molecule has 158 valence electrons. The van der Waals surface area contributed by atoms with Crippen molar-refractivity contribution in [2.45, 2.75) is 4.90 Å². The first-order valence-electron chi connectivity index (χ1n) is 8.91. The lowest BCUT2D eigenvalue weighted by molar-refractivity contribution is 0.414. The predicted octanol–water partition coefficient (Wildman–Crippen LogP) is 3.92. The summed E-state index contributed by atoms with van der Waals surface area (Å²) in [4.78, 5) is 8.24. The van der Waals surface area contributed by atoms with Gasteiger partial charge in [0.2, 0.25) is 5.88 Å². The highest BCUT2D eigenvalue weighted by Crippen LogP contribution is 2.28. The average Bonchev–Trinajstić information content (AvgIpc) is 3.30. The molecule has 0 unspecified atom stereocenters. The van der Waals surface area contributed by atoms with E-state index >= 15 is 0 Å². The van der Waals surface area contributed by atoms with Gasteiger partial charge in [0.25, 0.3) is 10.0 Å². The van der Waals surface area contributed by atoms with Crippen molar-refractivity contribution in [2.75, 3.05) is 11.8 Å². The lowest BCUT2D eigenvalue weighted by Crippen LogP contribution is -2.12. The summed E-state index contributed by atoms with van der Waals surface area (Å²) in [7, 11) is -2.37. The maximum absolute atomic E-state index is 12.6. The molecule has 31 heavy (non-hydrogen) atoms. The van der Waals surface area contributed by atoms with Crippen LogP contribution in [0.2, 0.25) is 5.02 Å². The van der Waals surface area contributed by atoms with Crippen molar-refractivity contribution in [3.8, 4) is 23.2 Å². The van der Waals surface area contributed by atoms with Crippen molar-refractivity contribution >= 4 is 27.3 Å². The number of nitrogens with one attached hydrogen (secondary N) is 1. The smallest absolute Gasteiger partial charge is 0.261 e. The van der Waals surface area contributed by atoms with Gasteiger partial charge in [-0.3, -0.25) is 4.72 Å². The third kappa shape index (κ3) is 4.76. The lowest BCUT2D eigenvalue weighted by Gasteiger charge is -2.11. The summed E-state index contributed by atoms with van der Waals surface area (Å²) in [6.07, 6.45) is 4.76. The van der Waals surface area contributed by atoms with Crippen LogP contribution >= 0.6 is 11.6 Å². The van der Waals surface area contributed by atoms with Gasteiger partial charge < -0.3 is 9.47 Å². The molecule has 2 aromatic heterocycles. The summed E-state index contributed by atoms with van der Waals surface area (Å²) in [5, 5.41) is 4.31. The maximum atomic E-state index is 12.6. The number of methoxy groups -OCH3 is 1. The van der Waals surface area contributed by atoms with Crippen molar-refractivity contribution < 1.29 is 17.9 Å². The number of nitrogens with zero attached hydrogens (tertiary/aromatic N) is 4. The van der Waals surface area contributed by atoms with E-state index in [0.29, 0.717) is 28.9 Å². The van der Waals surface area contributed by atoms with Crippen molar-refractivity contribution in [3.05, 3.63) is 78.3 Å². The second-order valence-electron chi connectivity index (χ2n) is 6.19. The second-order valence-corrected chi connectivity index (χ2v) is 8.28. The number of aromatic nitrogens is 4. The number of benzene rings is 2. The number of sulfonamides is 1. The molecule has 0 spiro atoms. The van der Waals surface area contributed by atoms with Crippen molar-refractivity contribution in [1.82, 2.24) is 19.7 Å². The van der Waals surface area contributed by atoms with Crippen LogP contribution in [0.25, 0.3) is 5.82 Å². The normalized spacial score (nSPS) is 11.2. The van der Waals surface area contributed by atoms with Gasteiger partial charge in [0.05, 0.1) is 17.0 Å². The maximum Gasteiger partial charge on any atom is 0.261 e. The van der Waals surface area contributed by atoms with E-state index in [0.717, 1.165) is 0 Å². The van der Waals surface area contributed by atoms with Gasteiger partial charge in [0, 0.05) is 24.1 Å². The number of anilines is 1. The van der Waals surface area contributed by atoms with E-state index in [1.165, 1.54) is 31.6 Å². The minimum absolute atomic E-state index is 0.0192. The molecule has 4 aromatic rings. The van der Waals surface area contributed by atoms with Crippen molar-refractivity contribution in [1.29, 1.82) is 0 Å². The van der Waals surface area contributed by atoms with Crippen LogP contribution in [0.4, 0.5) is 5.69 Å². The molecule has 0 aliphatic heterocycles. The Kier molecular flexibility index (Phi) is 5.74. The van der Waals surface area contributed by atoms with Crippen LogP contribution in [-0.4, -0.2) is 35.3 Å². The van der Waals surface area contributed by atoms with Crippen molar-refractivity contribution in [3.63, 3.8) is 0 Å². The summed E-state index contributed by atoms with van der Waals surface area (Å²) in [5.41, 5.74) is 0.360. The molecular weight excluding hydrogens is 442 g/mol. The summed E-state index contributed by atoms with van der Waals surface area (Å²) in [5.74, 6) is 1.74. The number of rotatable bonds is 7. The zero-order valence-electron chi connectivity index (χ0n) is 16.1. The molecule has 0 bridgehead atoms. The standard InChI is InChI=1S/C20H16ClN5O4S/c1-29-18-8-7-16(11-17(18)21)31(27,28)25-14-3-5-15(6-4-14)30-20-12-19(22-13-23-20)26-10-2-9-24-26/h2-13,25H,1H3. The van der Waals surface area contributed by atoms with Crippen LogP contribution in [0.5, 0.6) is 17.4 Å². The fourth-order valence-corrected chi connectivity index (χ4v) is 4.06.